The van der Waals surface area contributed by atoms with Crippen LogP contribution in [-0.4, -0.2) is 33.9 Å². The van der Waals surface area contributed by atoms with E-state index < -0.39 is 0 Å². The van der Waals surface area contributed by atoms with Crippen molar-refractivity contribution in [1.29, 1.82) is 0 Å². The minimum Gasteiger partial charge on any atom is -0.369 e. The Morgan fingerprint density at radius 3 is 2.69 bits per heavy atom. The molecular formula is C23H27N5O. The van der Waals surface area contributed by atoms with Crippen LogP contribution in [0.2, 0.25) is 0 Å². The summed E-state index contributed by atoms with van der Waals surface area (Å²) in [6.07, 6.45) is 3.74. The Balaban J connectivity index is 1.43. The minimum atomic E-state index is -0.0178. The van der Waals surface area contributed by atoms with Crippen LogP contribution < -0.4 is 10.2 Å². The van der Waals surface area contributed by atoms with Crippen molar-refractivity contribution in [2.75, 3.05) is 18.0 Å². The van der Waals surface area contributed by atoms with Gasteiger partial charge in [-0.05, 0) is 45.2 Å². The first kappa shape index (κ1) is 19.3. The molecule has 3 heterocycles. The quantitative estimate of drug-likeness (QED) is 0.740. The molecule has 0 unspecified atom stereocenters. The Bertz CT molecular complexity index is 1030. The van der Waals surface area contributed by atoms with Crippen LogP contribution in [0.1, 0.15) is 35.4 Å². The van der Waals surface area contributed by atoms with Gasteiger partial charge in [-0.15, -0.1) is 0 Å². The zero-order valence-corrected chi connectivity index (χ0v) is 17.3. The fourth-order valence-electron chi connectivity index (χ4n) is 3.74. The standard InChI is InChI=1S/C23H27N5O/c1-15-6-8-18(9-7-15)12-25-23(29)19-5-4-10-28(14-19)20-11-21-22(24-13-20)27-17(3)16(2)26-21/h6-9,11,13,19H,4-5,10,12,14H2,1-3H3,(H,25,29)/t19-/m1/s1. The van der Waals surface area contributed by atoms with Crippen molar-refractivity contribution in [3.05, 3.63) is 59.0 Å². The predicted molar refractivity (Wildman–Crippen MR) is 115 cm³/mol. The van der Waals surface area contributed by atoms with E-state index in [1.807, 2.05) is 26.1 Å². The van der Waals surface area contributed by atoms with Crippen molar-refractivity contribution in [3.8, 4) is 0 Å². The molecule has 1 aliphatic rings. The predicted octanol–water partition coefficient (Wildman–Crippen LogP) is 3.48. The lowest BCUT2D eigenvalue weighted by atomic mass is 9.96. The van der Waals surface area contributed by atoms with Gasteiger partial charge in [0.05, 0.1) is 29.2 Å². The first-order valence-electron chi connectivity index (χ1n) is 10.2. The van der Waals surface area contributed by atoms with Gasteiger partial charge in [-0.3, -0.25) is 4.79 Å². The van der Waals surface area contributed by atoms with Gasteiger partial charge >= 0.3 is 0 Å². The van der Waals surface area contributed by atoms with Crippen molar-refractivity contribution in [1.82, 2.24) is 20.3 Å². The lowest BCUT2D eigenvalue weighted by molar-refractivity contribution is -0.125. The smallest absolute Gasteiger partial charge is 0.225 e. The molecule has 1 aliphatic heterocycles. The summed E-state index contributed by atoms with van der Waals surface area (Å²) in [6, 6.07) is 10.3. The molecule has 4 rings (SSSR count). The molecule has 0 bridgehead atoms. The lowest BCUT2D eigenvalue weighted by Gasteiger charge is -2.33. The number of rotatable bonds is 4. The second-order valence-electron chi connectivity index (χ2n) is 7.92. The summed E-state index contributed by atoms with van der Waals surface area (Å²) in [4.78, 5) is 28.6. The van der Waals surface area contributed by atoms with Crippen molar-refractivity contribution in [2.45, 2.75) is 40.2 Å². The number of hydrogen-bond donors (Lipinski definition) is 1. The van der Waals surface area contributed by atoms with E-state index in [-0.39, 0.29) is 11.8 Å². The molecule has 1 N–H and O–H groups in total. The minimum absolute atomic E-state index is 0.0178. The molecule has 1 amide bonds. The first-order chi connectivity index (χ1) is 14.0. The summed E-state index contributed by atoms with van der Waals surface area (Å²) >= 11 is 0. The van der Waals surface area contributed by atoms with E-state index in [0.717, 1.165) is 47.5 Å². The summed E-state index contributed by atoms with van der Waals surface area (Å²) in [6.45, 7) is 8.17. The van der Waals surface area contributed by atoms with Crippen LogP contribution in [0.25, 0.3) is 11.2 Å². The highest BCUT2D eigenvalue weighted by atomic mass is 16.1. The highest BCUT2D eigenvalue weighted by molar-refractivity contribution is 5.80. The fraction of sp³-hybridized carbons (Fsp3) is 0.391. The number of amides is 1. The highest BCUT2D eigenvalue weighted by Crippen LogP contribution is 2.25. The van der Waals surface area contributed by atoms with Crippen LogP contribution in [0.5, 0.6) is 0 Å². The Hall–Kier alpha value is -3.02. The number of piperidine rings is 1. The third kappa shape index (κ3) is 4.36. The summed E-state index contributed by atoms with van der Waals surface area (Å²) in [5.74, 6) is 0.103. The van der Waals surface area contributed by atoms with Crippen molar-refractivity contribution in [2.24, 2.45) is 5.92 Å². The second-order valence-corrected chi connectivity index (χ2v) is 7.92. The van der Waals surface area contributed by atoms with Gasteiger partial charge in [-0.1, -0.05) is 29.8 Å². The Labute approximate surface area is 171 Å². The number of hydrogen-bond acceptors (Lipinski definition) is 5. The maximum absolute atomic E-state index is 12.7. The monoisotopic (exact) mass is 389 g/mol. The maximum atomic E-state index is 12.7. The number of carbonyl (C=O) groups is 1. The molecule has 0 saturated carbocycles. The average molecular weight is 390 g/mol. The van der Waals surface area contributed by atoms with Crippen LogP contribution in [0, 0.1) is 26.7 Å². The topological polar surface area (TPSA) is 71.0 Å². The lowest BCUT2D eigenvalue weighted by Crippen LogP contribution is -2.43. The second kappa shape index (κ2) is 8.15. The number of fused-ring (bicyclic) bond motifs is 1. The van der Waals surface area contributed by atoms with Crippen molar-refractivity contribution in [3.63, 3.8) is 0 Å². The Morgan fingerprint density at radius 2 is 1.90 bits per heavy atom. The first-order valence-corrected chi connectivity index (χ1v) is 10.2. The van der Waals surface area contributed by atoms with Gasteiger partial charge in [-0.2, -0.15) is 0 Å². The number of pyridine rings is 1. The molecule has 6 nitrogen and oxygen atoms in total. The molecule has 6 heteroatoms. The van der Waals surface area contributed by atoms with Crippen molar-refractivity contribution >= 4 is 22.8 Å². The zero-order chi connectivity index (χ0) is 20.4. The number of nitrogens with one attached hydrogen (secondary N) is 1. The van der Waals surface area contributed by atoms with E-state index in [1.54, 1.807) is 0 Å². The van der Waals surface area contributed by atoms with Crippen LogP contribution >= 0.6 is 0 Å². The van der Waals surface area contributed by atoms with E-state index in [4.69, 9.17) is 0 Å². The third-order valence-corrected chi connectivity index (χ3v) is 5.66. The SMILES string of the molecule is Cc1ccc(CNC(=O)[C@@H]2CCCN(c3cnc4nc(C)c(C)nc4c3)C2)cc1. The Kier molecular flexibility index (Phi) is 5.43. The molecule has 3 aromatic rings. The van der Waals surface area contributed by atoms with Gasteiger partial charge in [0, 0.05) is 19.6 Å². The van der Waals surface area contributed by atoms with E-state index in [9.17, 15) is 4.79 Å². The van der Waals surface area contributed by atoms with Gasteiger partial charge in [-0.25, -0.2) is 15.0 Å². The molecular weight excluding hydrogens is 362 g/mol. The number of aromatic nitrogens is 3. The molecule has 0 spiro atoms. The number of benzene rings is 1. The van der Waals surface area contributed by atoms with Crippen molar-refractivity contribution < 1.29 is 4.79 Å². The third-order valence-electron chi connectivity index (χ3n) is 5.66. The molecule has 150 valence electrons. The molecule has 1 atom stereocenters. The fourth-order valence-corrected chi connectivity index (χ4v) is 3.74. The van der Waals surface area contributed by atoms with Crippen LogP contribution in [-0.2, 0) is 11.3 Å². The van der Waals surface area contributed by atoms with Gasteiger partial charge in [0.15, 0.2) is 5.65 Å². The normalized spacial score (nSPS) is 16.8. The molecule has 1 fully saturated rings. The van der Waals surface area contributed by atoms with Gasteiger partial charge in [0.1, 0.15) is 5.52 Å². The zero-order valence-electron chi connectivity index (χ0n) is 17.3. The number of anilines is 1. The van der Waals surface area contributed by atoms with E-state index >= 15 is 0 Å². The molecule has 2 aromatic heterocycles. The average Bonchev–Trinajstić information content (AvgIpc) is 2.74. The number of carbonyl (C=O) groups excluding carboxylic acids is 1. The van der Waals surface area contributed by atoms with Crippen LogP contribution in [0.4, 0.5) is 5.69 Å². The number of nitrogens with zero attached hydrogens (tertiary/aromatic N) is 4. The van der Waals surface area contributed by atoms with E-state index in [2.05, 4.69) is 56.4 Å². The maximum Gasteiger partial charge on any atom is 0.225 e. The summed E-state index contributed by atoms with van der Waals surface area (Å²) in [5.41, 5.74) is 6.65. The van der Waals surface area contributed by atoms with E-state index in [0.29, 0.717) is 18.7 Å². The highest BCUT2D eigenvalue weighted by Gasteiger charge is 2.26. The van der Waals surface area contributed by atoms with Gasteiger partial charge < -0.3 is 10.2 Å². The van der Waals surface area contributed by atoms with Crippen LogP contribution in [0.15, 0.2) is 36.5 Å². The molecule has 0 aliphatic carbocycles. The van der Waals surface area contributed by atoms with Crippen LogP contribution in [0.3, 0.4) is 0 Å². The Morgan fingerprint density at radius 1 is 1.14 bits per heavy atom. The molecule has 1 aromatic carbocycles. The molecule has 29 heavy (non-hydrogen) atoms. The largest absolute Gasteiger partial charge is 0.369 e. The molecule has 0 radical (unpaired) electrons. The van der Waals surface area contributed by atoms with E-state index in [1.165, 1.54) is 5.56 Å². The van der Waals surface area contributed by atoms with Gasteiger partial charge in [0.25, 0.3) is 0 Å². The summed E-state index contributed by atoms with van der Waals surface area (Å²) < 4.78 is 0. The molecule has 1 saturated heterocycles. The number of aryl methyl sites for hydroxylation is 3. The summed E-state index contributed by atoms with van der Waals surface area (Å²) in [5, 5.41) is 3.10. The van der Waals surface area contributed by atoms with Gasteiger partial charge in [0.2, 0.25) is 5.91 Å². The summed E-state index contributed by atoms with van der Waals surface area (Å²) in [7, 11) is 0.